The third-order valence-electron chi connectivity index (χ3n) is 5.01. The molecule has 1 aromatic heterocycles. The van der Waals surface area contributed by atoms with Crippen LogP contribution in [0.4, 0.5) is 5.69 Å². The van der Waals surface area contributed by atoms with Gasteiger partial charge in [-0.15, -0.1) is 0 Å². The van der Waals surface area contributed by atoms with Crippen molar-refractivity contribution in [1.82, 2.24) is 0 Å². The van der Waals surface area contributed by atoms with Crippen LogP contribution in [0.15, 0.2) is 82.0 Å². The van der Waals surface area contributed by atoms with Gasteiger partial charge < -0.3 is 14.5 Å². The molecule has 0 atom stereocenters. The van der Waals surface area contributed by atoms with Crippen LogP contribution in [0.2, 0.25) is 0 Å². The van der Waals surface area contributed by atoms with Gasteiger partial charge in [-0.1, -0.05) is 42.5 Å². The van der Waals surface area contributed by atoms with Gasteiger partial charge in [0.05, 0.1) is 17.0 Å². The molecule has 4 rings (SSSR count). The van der Waals surface area contributed by atoms with E-state index in [0.29, 0.717) is 28.1 Å². The van der Waals surface area contributed by atoms with E-state index < -0.39 is 18.5 Å². The standard InChI is InChI=1S/C26H18N2O5/c1-16-23(30)20-11-6-12-21(25(20)33-24(16)18-8-3-2-4-9-18)26(31)32-15-22(29)28-19-10-5-7-17(13-19)14-27/h2-13H,15H2,1H3,(H,28,29). The lowest BCUT2D eigenvalue weighted by Crippen LogP contribution is -2.21. The Hall–Kier alpha value is -4.70. The lowest BCUT2D eigenvalue weighted by Gasteiger charge is -2.11. The molecule has 0 saturated carbocycles. The summed E-state index contributed by atoms with van der Waals surface area (Å²) in [7, 11) is 0. The first kappa shape index (κ1) is 21.5. The maximum atomic E-state index is 12.9. The minimum absolute atomic E-state index is 0.0426. The highest BCUT2D eigenvalue weighted by Crippen LogP contribution is 2.27. The second-order valence-corrected chi connectivity index (χ2v) is 7.25. The lowest BCUT2D eigenvalue weighted by molar-refractivity contribution is -0.119. The van der Waals surface area contributed by atoms with Crippen LogP contribution in [-0.2, 0) is 9.53 Å². The number of ether oxygens (including phenoxy) is 1. The van der Waals surface area contributed by atoms with Crippen molar-refractivity contribution < 1.29 is 18.7 Å². The number of nitriles is 1. The number of rotatable bonds is 5. The summed E-state index contributed by atoms with van der Waals surface area (Å²) in [6.45, 7) is 1.12. The maximum Gasteiger partial charge on any atom is 0.342 e. The Bertz CT molecular complexity index is 1470. The first-order valence-corrected chi connectivity index (χ1v) is 10.1. The number of anilines is 1. The van der Waals surface area contributed by atoms with Gasteiger partial charge in [-0.2, -0.15) is 5.26 Å². The van der Waals surface area contributed by atoms with E-state index in [1.807, 2.05) is 36.4 Å². The highest BCUT2D eigenvalue weighted by atomic mass is 16.5. The minimum Gasteiger partial charge on any atom is -0.455 e. The Morgan fingerprint density at radius 2 is 1.79 bits per heavy atom. The molecule has 1 amide bonds. The molecule has 0 aliphatic carbocycles. The molecular weight excluding hydrogens is 420 g/mol. The van der Waals surface area contributed by atoms with Crippen molar-refractivity contribution in [3.05, 3.63) is 99.7 Å². The number of amides is 1. The second kappa shape index (κ2) is 9.20. The SMILES string of the molecule is Cc1c(-c2ccccc2)oc2c(C(=O)OCC(=O)Nc3cccc(C#N)c3)cccc2c1=O. The van der Waals surface area contributed by atoms with Gasteiger partial charge in [0.15, 0.2) is 17.6 Å². The summed E-state index contributed by atoms with van der Waals surface area (Å²) in [5.74, 6) is -1.00. The van der Waals surface area contributed by atoms with Crippen LogP contribution in [0.25, 0.3) is 22.3 Å². The molecule has 0 aliphatic rings. The number of esters is 1. The molecule has 162 valence electrons. The molecule has 0 unspecified atom stereocenters. The van der Waals surface area contributed by atoms with Crippen molar-refractivity contribution in [2.24, 2.45) is 0 Å². The van der Waals surface area contributed by atoms with Crippen LogP contribution < -0.4 is 10.7 Å². The van der Waals surface area contributed by atoms with Crippen LogP contribution in [0.5, 0.6) is 0 Å². The summed E-state index contributed by atoms with van der Waals surface area (Å²) in [6, 6.07) is 22.1. The van der Waals surface area contributed by atoms with E-state index in [9.17, 15) is 14.4 Å². The van der Waals surface area contributed by atoms with Gasteiger partial charge in [-0.3, -0.25) is 9.59 Å². The third-order valence-corrected chi connectivity index (χ3v) is 5.01. The van der Waals surface area contributed by atoms with E-state index in [1.54, 1.807) is 37.3 Å². The Kier molecular flexibility index (Phi) is 6.00. The molecule has 3 aromatic carbocycles. The monoisotopic (exact) mass is 438 g/mol. The lowest BCUT2D eigenvalue weighted by atomic mass is 10.0. The summed E-state index contributed by atoms with van der Waals surface area (Å²) >= 11 is 0. The summed E-state index contributed by atoms with van der Waals surface area (Å²) in [4.78, 5) is 37.9. The van der Waals surface area contributed by atoms with Crippen LogP contribution in [0, 0.1) is 18.3 Å². The minimum atomic E-state index is -0.799. The van der Waals surface area contributed by atoms with Crippen LogP contribution >= 0.6 is 0 Å². The fourth-order valence-corrected chi connectivity index (χ4v) is 3.41. The highest BCUT2D eigenvalue weighted by Gasteiger charge is 2.20. The molecule has 7 nitrogen and oxygen atoms in total. The number of nitrogens with one attached hydrogen (secondary N) is 1. The van der Waals surface area contributed by atoms with Gasteiger partial charge in [0.25, 0.3) is 5.91 Å². The number of hydrogen-bond acceptors (Lipinski definition) is 6. The molecule has 1 N–H and O–H groups in total. The fraction of sp³-hybridized carbons (Fsp3) is 0.0769. The average Bonchev–Trinajstić information content (AvgIpc) is 2.85. The molecule has 33 heavy (non-hydrogen) atoms. The Morgan fingerprint density at radius 3 is 2.55 bits per heavy atom. The van der Waals surface area contributed by atoms with Crippen molar-refractivity contribution >= 4 is 28.5 Å². The van der Waals surface area contributed by atoms with E-state index in [4.69, 9.17) is 14.4 Å². The quantitative estimate of drug-likeness (QED) is 0.462. The topological polar surface area (TPSA) is 109 Å². The smallest absolute Gasteiger partial charge is 0.342 e. The predicted molar refractivity (Wildman–Crippen MR) is 123 cm³/mol. The van der Waals surface area contributed by atoms with Crippen molar-refractivity contribution in [2.45, 2.75) is 6.92 Å². The van der Waals surface area contributed by atoms with Gasteiger partial charge in [0.2, 0.25) is 0 Å². The van der Waals surface area contributed by atoms with Gasteiger partial charge in [-0.25, -0.2) is 4.79 Å². The number of carbonyl (C=O) groups excluding carboxylic acids is 2. The zero-order chi connectivity index (χ0) is 23.4. The van der Waals surface area contributed by atoms with Crippen LogP contribution in [0.1, 0.15) is 21.5 Å². The maximum absolute atomic E-state index is 12.9. The number of carbonyl (C=O) groups is 2. The van der Waals surface area contributed by atoms with Crippen molar-refractivity contribution in [3.8, 4) is 17.4 Å². The Labute approximate surface area is 188 Å². The third kappa shape index (κ3) is 4.50. The summed E-state index contributed by atoms with van der Waals surface area (Å²) in [5.41, 5.74) is 1.82. The molecule has 4 aromatic rings. The fourth-order valence-electron chi connectivity index (χ4n) is 3.41. The number of nitrogens with zero attached hydrogens (tertiary/aromatic N) is 1. The van der Waals surface area contributed by atoms with Gasteiger partial charge in [-0.05, 0) is 37.3 Å². The molecule has 0 saturated heterocycles. The zero-order valence-electron chi connectivity index (χ0n) is 17.6. The zero-order valence-corrected chi connectivity index (χ0v) is 17.6. The number of benzene rings is 3. The normalized spacial score (nSPS) is 10.4. The molecular formula is C26H18N2O5. The van der Waals surface area contributed by atoms with Crippen LogP contribution in [0.3, 0.4) is 0 Å². The molecule has 0 aliphatic heterocycles. The Balaban J connectivity index is 1.59. The van der Waals surface area contributed by atoms with Crippen molar-refractivity contribution in [1.29, 1.82) is 5.26 Å². The first-order valence-electron chi connectivity index (χ1n) is 10.1. The summed E-state index contributed by atoms with van der Waals surface area (Å²) < 4.78 is 11.2. The second-order valence-electron chi connectivity index (χ2n) is 7.25. The molecule has 0 radical (unpaired) electrons. The van der Waals surface area contributed by atoms with Crippen molar-refractivity contribution in [2.75, 3.05) is 11.9 Å². The number of hydrogen-bond donors (Lipinski definition) is 1. The largest absolute Gasteiger partial charge is 0.455 e. The Morgan fingerprint density at radius 1 is 1.03 bits per heavy atom. The number of fused-ring (bicyclic) bond motifs is 1. The van der Waals surface area contributed by atoms with E-state index in [-0.39, 0.29) is 22.0 Å². The van der Waals surface area contributed by atoms with E-state index in [0.717, 1.165) is 0 Å². The summed E-state index contributed by atoms with van der Waals surface area (Å²) in [6.07, 6.45) is 0. The highest BCUT2D eigenvalue weighted by molar-refractivity contribution is 6.03. The molecule has 7 heteroatoms. The average molecular weight is 438 g/mol. The van der Waals surface area contributed by atoms with Crippen LogP contribution in [-0.4, -0.2) is 18.5 Å². The molecule has 0 spiro atoms. The molecule has 0 fully saturated rings. The summed E-state index contributed by atoms with van der Waals surface area (Å²) in [5, 5.41) is 11.8. The number of para-hydroxylation sites is 1. The first-order chi connectivity index (χ1) is 16.0. The van der Waals surface area contributed by atoms with E-state index in [1.165, 1.54) is 12.1 Å². The van der Waals surface area contributed by atoms with Gasteiger partial charge in [0.1, 0.15) is 11.3 Å². The van der Waals surface area contributed by atoms with E-state index in [2.05, 4.69) is 5.32 Å². The van der Waals surface area contributed by atoms with Gasteiger partial charge >= 0.3 is 5.97 Å². The molecule has 1 heterocycles. The van der Waals surface area contributed by atoms with Gasteiger partial charge in [0, 0.05) is 16.8 Å². The van der Waals surface area contributed by atoms with Crippen molar-refractivity contribution in [3.63, 3.8) is 0 Å². The molecule has 0 bridgehead atoms. The van der Waals surface area contributed by atoms with E-state index >= 15 is 0 Å². The predicted octanol–water partition coefficient (Wildman–Crippen LogP) is 4.44.